The average molecular weight is 312 g/mol. The van der Waals surface area contributed by atoms with Crippen molar-refractivity contribution in [1.29, 1.82) is 0 Å². The molecule has 0 saturated heterocycles. The number of hydrogen-bond donors (Lipinski definition) is 1. The topological polar surface area (TPSA) is 64.4 Å². The number of ether oxygens (including phenoxy) is 1. The summed E-state index contributed by atoms with van der Waals surface area (Å²) in [6.45, 7) is 3.87. The van der Waals surface area contributed by atoms with Crippen LogP contribution >= 0.6 is 11.8 Å². The summed E-state index contributed by atoms with van der Waals surface area (Å²) in [5.41, 5.74) is 0.426. The summed E-state index contributed by atoms with van der Waals surface area (Å²) in [5.74, 6) is 1.93. The molecule has 2 unspecified atom stereocenters. The maximum atomic E-state index is 12.1. The number of likely N-dealkylation sites (N-methyl/N-ethyl adjacent to an activating group) is 1. The lowest BCUT2D eigenvalue weighted by Gasteiger charge is -2.32. The van der Waals surface area contributed by atoms with Crippen molar-refractivity contribution < 1.29 is 13.9 Å². The van der Waals surface area contributed by atoms with Crippen LogP contribution in [0.3, 0.4) is 0 Å². The lowest BCUT2D eigenvalue weighted by molar-refractivity contribution is -0.150. The van der Waals surface area contributed by atoms with E-state index in [-0.39, 0.29) is 5.97 Å². The van der Waals surface area contributed by atoms with Gasteiger partial charge in [0.25, 0.3) is 5.22 Å². The zero-order valence-corrected chi connectivity index (χ0v) is 14.0. The third-order valence-corrected chi connectivity index (χ3v) is 5.38. The van der Waals surface area contributed by atoms with Gasteiger partial charge in [-0.05, 0) is 46.1 Å². The van der Waals surface area contributed by atoms with Crippen LogP contribution < -0.4 is 5.32 Å². The van der Waals surface area contributed by atoms with Gasteiger partial charge in [0.05, 0.1) is 12.8 Å². The Morgan fingerprint density at radius 2 is 2.33 bits per heavy atom. The molecule has 118 valence electrons. The number of methoxy groups -OCH3 is 1. The molecule has 5 nitrogen and oxygen atoms in total. The van der Waals surface area contributed by atoms with E-state index < -0.39 is 5.54 Å². The highest BCUT2D eigenvalue weighted by atomic mass is 32.2. The number of carbonyl (C=O) groups is 1. The molecule has 1 aromatic rings. The predicted molar refractivity (Wildman–Crippen MR) is 82.5 cm³/mol. The van der Waals surface area contributed by atoms with E-state index in [1.54, 1.807) is 11.8 Å². The summed E-state index contributed by atoms with van der Waals surface area (Å²) in [4.78, 5) is 16.5. The predicted octanol–water partition coefficient (Wildman–Crippen LogP) is 2.70. The Morgan fingerprint density at radius 1 is 1.57 bits per heavy atom. The Morgan fingerprint density at radius 3 is 2.90 bits per heavy atom. The molecule has 1 aliphatic carbocycles. The average Bonchev–Trinajstić information content (AvgIpc) is 3.03. The lowest BCUT2D eigenvalue weighted by atomic mass is 9.85. The first-order chi connectivity index (χ1) is 10.0. The molecular formula is C15H24N2O3S. The van der Waals surface area contributed by atoms with E-state index >= 15 is 0 Å². The Labute approximate surface area is 130 Å². The highest BCUT2D eigenvalue weighted by molar-refractivity contribution is 7.99. The molecule has 2 atom stereocenters. The lowest BCUT2D eigenvalue weighted by Crippen LogP contribution is -2.53. The van der Waals surface area contributed by atoms with Crippen molar-refractivity contribution in [2.75, 3.05) is 19.9 Å². The molecule has 0 aliphatic heterocycles. The van der Waals surface area contributed by atoms with Crippen molar-refractivity contribution in [2.45, 2.75) is 50.3 Å². The van der Waals surface area contributed by atoms with Gasteiger partial charge in [0.2, 0.25) is 0 Å². The van der Waals surface area contributed by atoms with E-state index in [0.717, 1.165) is 48.1 Å². The van der Waals surface area contributed by atoms with Crippen LogP contribution in [0.2, 0.25) is 0 Å². The number of oxazole rings is 1. The summed E-state index contributed by atoms with van der Waals surface area (Å²) in [5, 5.41) is 3.94. The van der Waals surface area contributed by atoms with Gasteiger partial charge >= 0.3 is 5.97 Å². The molecular weight excluding hydrogens is 288 g/mol. The van der Waals surface area contributed by atoms with Gasteiger partial charge in [0, 0.05) is 5.75 Å². The standard InChI is InChI=1S/C15H24N2O3S/c1-10-11(2)20-14(17-10)21-9-7-12-6-5-8-15(12,16-3)13(18)19-4/h12,16H,5-9H2,1-4H3. The molecule has 1 aromatic heterocycles. The molecule has 0 spiro atoms. The van der Waals surface area contributed by atoms with Crippen LogP contribution in [-0.2, 0) is 9.53 Å². The fourth-order valence-corrected chi connectivity index (χ4v) is 4.11. The first-order valence-corrected chi connectivity index (χ1v) is 8.36. The van der Waals surface area contributed by atoms with E-state index in [1.165, 1.54) is 7.11 Å². The van der Waals surface area contributed by atoms with E-state index in [9.17, 15) is 4.79 Å². The van der Waals surface area contributed by atoms with Gasteiger partial charge in [0.1, 0.15) is 11.3 Å². The summed E-state index contributed by atoms with van der Waals surface area (Å²) in [7, 11) is 3.31. The van der Waals surface area contributed by atoms with E-state index in [0.29, 0.717) is 5.92 Å². The molecule has 0 amide bonds. The van der Waals surface area contributed by atoms with Gasteiger partial charge in [-0.3, -0.25) is 4.79 Å². The van der Waals surface area contributed by atoms with E-state index in [1.807, 2.05) is 20.9 Å². The smallest absolute Gasteiger partial charge is 0.326 e. The first kappa shape index (κ1) is 16.4. The number of nitrogens with zero attached hydrogens (tertiary/aromatic N) is 1. The molecule has 0 radical (unpaired) electrons. The molecule has 0 bridgehead atoms. The zero-order valence-electron chi connectivity index (χ0n) is 13.2. The fourth-order valence-electron chi connectivity index (χ4n) is 3.14. The monoisotopic (exact) mass is 312 g/mol. The second-order valence-corrected chi connectivity index (χ2v) is 6.61. The van der Waals surface area contributed by atoms with E-state index in [4.69, 9.17) is 9.15 Å². The highest BCUT2D eigenvalue weighted by Gasteiger charge is 2.48. The zero-order chi connectivity index (χ0) is 15.5. The number of rotatable bonds is 6. The molecule has 6 heteroatoms. The third kappa shape index (κ3) is 3.26. The Balaban J connectivity index is 1.93. The Hall–Kier alpha value is -1.01. The van der Waals surface area contributed by atoms with Gasteiger partial charge in [-0.25, -0.2) is 4.98 Å². The van der Waals surface area contributed by atoms with Crippen LogP contribution in [0.5, 0.6) is 0 Å². The molecule has 2 rings (SSSR count). The maximum absolute atomic E-state index is 12.1. The summed E-state index contributed by atoms with van der Waals surface area (Å²) >= 11 is 1.62. The van der Waals surface area contributed by atoms with Gasteiger partial charge in [-0.15, -0.1) is 0 Å². The number of thioether (sulfide) groups is 1. The van der Waals surface area contributed by atoms with Crippen LogP contribution in [0.4, 0.5) is 0 Å². The number of nitrogens with one attached hydrogen (secondary N) is 1. The number of esters is 1. The number of aromatic nitrogens is 1. The number of aryl methyl sites for hydroxylation is 2. The number of hydrogen-bond acceptors (Lipinski definition) is 6. The molecule has 1 heterocycles. The molecule has 1 fully saturated rings. The summed E-state index contributed by atoms with van der Waals surface area (Å²) < 4.78 is 10.6. The van der Waals surface area contributed by atoms with Crippen molar-refractivity contribution in [3.05, 3.63) is 11.5 Å². The van der Waals surface area contributed by atoms with Crippen molar-refractivity contribution in [3.8, 4) is 0 Å². The first-order valence-electron chi connectivity index (χ1n) is 7.37. The van der Waals surface area contributed by atoms with Crippen LogP contribution in [0.25, 0.3) is 0 Å². The summed E-state index contributed by atoms with van der Waals surface area (Å²) in [6, 6.07) is 0. The van der Waals surface area contributed by atoms with Gasteiger partial charge in [-0.1, -0.05) is 18.2 Å². The molecule has 1 N–H and O–H groups in total. The minimum atomic E-state index is -0.516. The van der Waals surface area contributed by atoms with Crippen molar-refractivity contribution in [1.82, 2.24) is 10.3 Å². The van der Waals surface area contributed by atoms with Crippen molar-refractivity contribution >= 4 is 17.7 Å². The SMILES string of the molecule is CNC1(C(=O)OC)CCCC1CCSc1nc(C)c(C)o1. The van der Waals surface area contributed by atoms with Crippen LogP contribution in [-0.4, -0.2) is 36.4 Å². The fraction of sp³-hybridized carbons (Fsp3) is 0.733. The minimum Gasteiger partial charge on any atom is -0.468 e. The molecule has 21 heavy (non-hydrogen) atoms. The second kappa shape index (κ2) is 6.83. The summed E-state index contributed by atoms with van der Waals surface area (Å²) in [6.07, 6.45) is 3.91. The van der Waals surface area contributed by atoms with Crippen molar-refractivity contribution in [2.24, 2.45) is 5.92 Å². The van der Waals surface area contributed by atoms with Gasteiger partial charge in [-0.2, -0.15) is 0 Å². The maximum Gasteiger partial charge on any atom is 0.326 e. The van der Waals surface area contributed by atoms with Crippen LogP contribution in [0.15, 0.2) is 9.64 Å². The second-order valence-electron chi connectivity index (χ2n) is 5.56. The highest BCUT2D eigenvalue weighted by Crippen LogP contribution is 2.39. The van der Waals surface area contributed by atoms with Crippen LogP contribution in [0, 0.1) is 19.8 Å². The van der Waals surface area contributed by atoms with Crippen LogP contribution in [0.1, 0.15) is 37.1 Å². The largest absolute Gasteiger partial charge is 0.468 e. The normalized spacial score (nSPS) is 25.2. The quantitative estimate of drug-likeness (QED) is 0.643. The molecule has 1 aliphatic rings. The third-order valence-electron chi connectivity index (χ3n) is 4.52. The molecule has 0 aromatic carbocycles. The molecule has 1 saturated carbocycles. The van der Waals surface area contributed by atoms with Gasteiger partial charge in [0.15, 0.2) is 0 Å². The van der Waals surface area contributed by atoms with Crippen molar-refractivity contribution in [3.63, 3.8) is 0 Å². The number of carbonyl (C=O) groups excluding carboxylic acids is 1. The minimum absolute atomic E-state index is 0.139. The van der Waals surface area contributed by atoms with Gasteiger partial charge < -0.3 is 14.5 Å². The Bertz CT molecular complexity index is 484. The Kier molecular flexibility index (Phi) is 5.32. The van der Waals surface area contributed by atoms with E-state index in [2.05, 4.69) is 10.3 Å².